The number of carbonyl (C=O) groups excluding carboxylic acids is 1. The molecule has 18 heavy (non-hydrogen) atoms. The smallest absolute Gasteiger partial charge is 0.306 e. The van der Waals surface area contributed by atoms with Gasteiger partial charge in [0.25, 0.3) is 0 Å². The van der Waals surface area contributed by atoms with Crippen LogP contribution in [0.15, 0.2) is 24.3 Å². The number of hydrogen-bond acceptors (Lipinski definition) is 4. The highest BCUT2D eigenvalue weighted by Gasteiger charge is 2.25. The Hall–Kier alpha value is -1.39. The van der Waals surface area contributed by atoms with Gasteiger partial charge < -0.3 is 10.5 Å². The highest BCUT2D eigenvalue weighted by molar-refractivity contribution is 5.69. The van der Waals surface area contributed by atoms with Gasteiger partial charge in [0, 0.05) is 25.7 Å². The maximum Gasteiger partial charge on any atom is 0.306 e. The second kappa shape index (κ2) is 5.98. The summed E-state index contributed by atoms with van der Waals surface area (Å²) in [6, 6.07) is 8.63. The van der Waals surface area contributed by atoms with E-state index in [0.29, 0.717) is 19.5 Å². The van der Waals surface area contributed by atoms with Crippen LogP contribution >= 0.6 is 0 Å². The average Bonchev–Trinajstić information content (AvgIpc) is 2.43. The molecule has 4 nitrogen and oxygen atoms in total. The molecule has 1 unspecified atom stereocenters. The zero-order valence-corrected chi connectivity index (χ0v) is 10.8. The minimum atomic E-state index is -0.162. The lowest BCUT2D eigenvalue weighted by molar-refractivity contribution is -0.141. The Morgan fingerprint density at radius 3 is 3.00 bits per heavy atom. The molecule has 4 heteroatoms. The van der Waals surface area contributed by atoms with E-state index in [-0.39, 0.29) is 12.0 Å². The van der Waals surface area contributed by atoms with Gasteiger partial charge in [-0.1, -0.05) is 24.3 Å². The van der Waals surface area contributed by atoms with Crippen molar-refractivity contribution in [3.8, 4) is 0 Å². The molecule has 2 rings (SSSR count). The Morgan fingerprint density at radius 2 is 2.28 bits per heavy atom. The van der Waals surface area contributed by atoms with Crippen LogP contribution in [0.1, 0.15) is 23.6 Å². The van der Waals surface area contributed by atoms with Gasteiger partial charge in [0.15, 0.2) is 0 Å². The Balaban J connectivity index is 2.08. The second-order valence-corrected chi connectivity index (χ2v) is 4.56. The van der Waals surface area contributed by atoms with Crippen molar-refractivity contribution in [3.63, 3.8) is 0 Å². The Bertz CT molecular complexity index is 420. The van der Waals surface area contributed by atoms with Gasteiger partial charge in [0.2, 0.25) is 0 Å². The van der Waals surface area contributed by atoms with E-state index < -0.39 is 0 Å². The number of carbonyl (C=O) groups is 1. The fourth-order valence-electron chi connectivity index (χ4n) is 2.58. The fourth-order valence-corrected chi connectivity index (χ4v) is 2.58. The highest BCUT2D eigenvalue weighted by Crippen LogP contribution is 2.28. The fraction of sp³-hybridized carbons (Fsp3) is 0.500. The number of nitrogens with zero attached hydrogens (tertiary/aromatic N) is 1. The van der Waals surface area contributed by atoms with E-state index in [2.05, 4.69) is 27.8 Å². The minimum absolute atomic E-state index is 0.162. The van der Waals surface area contributed by atoms with Gasteiger partial charge in [-0.2, -0.15) is 0 Å². The summed E-state index contributed by atoms with van der Waals surface area (Å²) in [7, 11) is 1.42. The first kappa shape index (κ1) is 13.1. The van der Waals surface area contributed by atoms with E-state index in [9.17, 15) is 4.79 Å². The van der Waals surface area contributed by atoms with E-state index in [1.165, 1.54) is 18.2 Å². The maximum atomic E-state index is 11.2. The number of fused-ring (bicyclic) bond motifs is 1. The molecule has 0 radical (unpaired) electrons. The molecule has 0 bridgehead atoms. The van der Waals surface area contributed by atoms with E-state index in [0.717, 1.165) is 13.0 Å². The minimum Gasteiger partial charge on any atom is -0.469 e. The molecule has 0 aromatic heterocycles. The van der Waals surface area contributed by atoms with Gasteiger partial charge in [-0.05, 0) is 17.5 Å². The standard InChI is InChI=1S/C14H20N2O2/c1-18-14(17)7-9-16-8-6-11-4-2-3-5-12(11)13(16)10-15/h2-5,13H,6-10,15H2,1H3. The van der Waals surface area contributed by atoms with E-state index in [1.807, 2.05) is 6.07 Å². The molecule has 0 aliphatic carbocycles. The van der Waals surface area contributed by atoms with Gasteiger partial charge in [0.05, 0.1) is 13.5 Å². The third-order valence-electron chi connectivity index (χ3n) is 3.58. The number of esters is 1. The predicted octanol–water partition coefficient (Wildman–Crippen LogP) is 1.11. The summed E-state index contributed by atoms with van der Waals surface area (Å²) in [5.74, 6) is -0.162. The summed E-state index contributed by atoms with van der Waals surface area (Å²) in [6.07, 6.45) is 1.45. The first-order valence-corrected chi connectivity index (χ1v) is 6.35. The summed E-state index contributed by atoms with van der Waals surface area (Å²) >= 11 is 0. The highest BCUT2D eigenvalue weighted by atomic mass is 16.5. The van der Waals surface area contributed by atoms with E-state index in [1.54, 1.807) is 0 Å². The topological polar surface area (TPSA) is 55.6 Å². The number of hydrogen-bond donors (Lipinski definition) is 1. The van der Waals surface area contributed by atoms with Crippen LogP contribution in [0.25, 0.3) is 0 Å². The zero-order chi connectivity index (χ0) is 13.0. The van der Waals surface area contributed by atoms with Gasteiger partial charge in [-0.3, -0.25) is 9.69 Å². The predicted molar refractivity (Wildman–Crippen MR) is 70.1 cm³/mol. The van der Waals surface area contributed by atoms with Crippen molar-refractivity contribution in [2.24, 2.45) is 5.73 Å². The molecule has 0 saturated heterocycles. The Kier molecular flexibility index (Phi) is 4.33. The third-order valence-corrected chi connectivity index (χ3v) is 3.58. The van der Waals surface area contributed by atoms with Gasteiger partial charge in [-0.25, -0.2) is 0 Å². The molecule has 98 valence electrons. The van der Waals surface area contributed by atoms with Crippen molar-refractivity contribution in [2.75, 3.05) is 26.7 Å². The van der Waals surface area contributed by atoms with Crippen LogP contribution in [0.4, 0.5) is 0 Å². The molecule has 1 aliphatic rings. The van der Waals surface area contributed by atoms with Crippen LogP contribution in [-0.2, 0) is 16.0 Å². The average molecular weight is 248 g/mol. The number of nitrogens with two attached hydrogens (primary N) is 1. The quantitative estimate of drug-likeness (QED) is 0.811. The number of ether oxygens (including phenoxy) is 1. The van der Waals surface area contributed by atoms with Gasteiger partial charge in [-0.15, -0.1) is 0 Å². The number of rotatable bonds is 4. The molecular weight excluding hydrogens is 228 g/mol. The van der Waals surface area contributed by atoms with Crippen molar-refractivity contribution in [3.05, 3.63) is 35.4 Å². The second-order valence-electron chi connectivity index (χ2n) is 4.56. The summed E-state index contributed by atoms with van der Waals surface area (Å²) < 4.78 is 4.68. The molecule has 0 saturated carbocycles. The molecule has 1 aromatic carbocycles. The lowest BCUT2D eigenvalue weighted by atomic mass is 9.92. The molecular formula is C14H20N2O2. The molecule has 1 aliphatic heterocycles. The molecule has 1 heterocycles. The normalized spacial score (nSPS) is 19.3. The van der Waals surface area contributed by atoms with Crippen LogP contribution < -0.4 is 5.73 Å². The summed E-state index contributed by atoms with van der Waals surface area (Å²) in [5, 5.41) is 0. The number of benzene rings is 1. The van der Waals surface area contributed by atoms with Crippen molar-refractivity contribution >= 4 is 5.97 Å². The molecule has 2 N–H and O–H groups in total. The molecule has 0 amide bonds. The van der Waals surface area contributed by atoms with Crippen LogP contribution in [0.5, 0.6) is 0 Å². The number of methoxy groups -OCH3 is 1. The van der Waals surface area contributed by atoms with Crippen molar-refractivity contribution < 1.29 is 9.53 Å². The third kappa shape index (κ3) is 2.71. The molecule has 0 fully saturated rings. The summed E-state index contributed by atoms with van der Waals surface area (Å²) in [4.78, 5) is 13.5. The van der Waals surface area contributed by atoms with E-state index in [4.69, 9.17) is 5.73 Å². The lowest BCUT2D eigenvalue weighted by Crippen LogP contribution is -2.40. The van der Waals surface area contributed by atoms with Gasteiger partial charge in [0.1, 0.15) is 0 Å². The first-order chi connectivity index (χ1) is 8.76. The lowest BCUT2D eigenvalue weighted by Gasteiger charge is -2.36. The maximum absolute atomic E-state index is 11.2. The molecule has 1 atom stereocenters. The Morgan fingerprint density at radius 1 is 1.50 bits per heavy atom. The van der Waals surface area contributed by atoms with Crippen molar-refractivity contribution in [2.45, 2.75) is 18.9 Å². The summed E-state index contributed by atoms with van der Waals surface area (Å²) in [5.41, 5.74) is 8.57. The van der Waals surface area contributed by atoms with E-state index >= 15 is 0 Å². The zero-order valence-electron chi connectivity index (χ0n) is 10.8. The molecule has 1 aromatic rings. The van der Waals surface area contributed by atoms with Crippen molar-refractivity contribution in [1.29, 1.82) is 0 Å². The largest absolute Gasteiger partial charge is 0.469 e. The van der Waals surface area contributed by atoms with Crippen LogP contribution in [0.2, 0.25) is 0 Å². The van der Waals surface area contributed by atoms with Crippen LogP contribution in [-0.4, -0.2) is 37.6 Å². The van der Waals surface area contributed by atoms with Crippen LogP contribution in [0, 0.1) is 0 Å². The summed E-state index contributed by atoms with van der Waals surface area (Å²) in [6.45, 7) is 2.25. The van der Waals surface area contributed by atoms with Gasteiger partial charge >= 0.3 is 5.97 Å². The monoisotopic (exact) mass is 248 g/mol. The SMILES string of the molecule is COC(=O)CCN1CCc2ccccc2C1CN. The first-order valence-electron chi connectivity index (χ1n) is 6.35. The van der Waals surface area contributed by atoms with Crippen molar-refractivity contribution in [1.82, 2.24) is 4.90 Å². The molecule has 0 spiro atoms. The Labute approximate surface area is 108 Å². The van der Waals surface area contributed by atoms with Crippen LogP contribution in [0.3, 0.4) is 0 Å².